The number of piperidine rings is 1. The average Bonchev–Trinajstić information content (AvgIpc) is 3.15. The van der Waals surface area contributed by atoms with Crippen LogP contribution in [0.1, 0.15) is 226 Å². The maximum atomic E-state index is 12.9. The van der Waals surface area contributed by atoms with E-state index in [4.69, 9.17) is 18.9 Å². The zero-order valence-corrected chi connectivity index (χ0v) is 35.9. The van der Waals surface area contributed by atoms with Crippen molar-refractivity contribution in [3.05, 3.63) is 0 Å². The number of esters is 1. The van der Waals surface area contributed by atoms with Gasteiger partial charge in [-0.1, -0.05) is 143 Å². The molecule has 1 aliphatic rings. The molecule has 7 nitrogen and oxygen atoms in total. The fraction of sp³-hybridized carbons (Fsp3) is 0.978. The van der Waals surface area contributed by atoms with Crippen LogP contribution in [0.3, 0.4) is 0 Å². The van der Waals surface area contributed by atoms with E-state index in [2.05, 4.69) is 32.7 Å². The fourth-order valence-electron chi connectivity index (χ4n) is 7.50. The Labute approximate surface area is 329 Å². The quantitative estimate of drug-likeness (QED) is 0.0379. The van der Waals surface area contributed by atoms with Crippen LogP contribution in [-0.4, -0.2) is 74.6 Å². The highest BCUT2D eigenvalue weighted by molar-refractivity contribution is 5.69. The summed E-state index contributed by atoms with van der Waals surface area (Å²) in [7, 11) is 2.18. The zero-order valence-electron chi connectivity index (χ0n) is 35.9. The van der Waals surface area contributed by atoms with Crippen LogP contribution in [0.15, 0.2) is 0 Å². The summed E-state index contributed by atoms with van der Waals surface area (Å²) in [6.45, 7) is 11.0. The van der Waals surface area contributed by atoms with Gasteiger partial charge in [-0.2, -0.15) is 0 Å². The highest BCUT2D eigenvalue weighted by atomic mass is 16.7. The van der Waals surface area contributed by atoms with Crippen molar-refractivity contribution in [2.45, 2.75) is 245 Å². The molecule has 1 fully saturated rings. The molecule has 0 saturated carbocycles. The minimum absolute atomic E-state index is 0.0615. The molecule has 1 saturated heterocycles. The number of carbonyl (C=O) groups excluding carboxylic acids is 1. The summed E-state index contributed by atoms with van der Waals surface area (Å²) in [6.07, 6.45) is 35.5. The Balaban J connectivity index is 2.40. The molecule has 53 heavy (non-hydrogen) atoms. The molecule has 0 aromatic rings. The van der Waals surface area contributed by atoms with E-state index in [1.54, 1.807) is 0 Å². The molecule has 316 valence electrons. The van der Waals surface area contributed by atoms with Crippen LogP contribution in [-0.2, 0) is 23.7 Å². The first-order chi connectivity index (χ1) is 26.0. The van der Waals surface area contributed by atoms with Crippen molar-refractivity contribution in [1.29, 1.82) is 0 Å². The van der Waals surface area contributed by atoms with E-state index >= 15 is 0 Å². The number of hydrogen-bond donors (Lipinski definition) is 1. The van der Waals surface area contributed by atoms with E-state index in [1.165, 1.54) is 135 Å². The molecule has 1 heterocycles. The topological polar surface area (TPSA) is 77.5 Å². The molecule has 2 unspecified atom stereocenters. The van der Waals surface area contributed by atoms with Crippen LogP contribution >= 0.6 is 0 Å². The van der Waals surface area contributed by atoms with Crippen molar-refractivity contribution >= 4 is 5.97 Å². The Hall–Kier alpha value is -0.730. The molecule has 0 aromatic carbocycles. The lowest BCUT2D eigenvalue weighted by Gasteiger charge is -2.28. The third kappa shape index (κ3) is 33.2. The standard InChI is InChI=1S/C46H91NO6/c1-5-8-11-14-17-18-19-20-21-24-29-43(53-45(49)33-32-42-34-37-47(4)38-35-42)36-41-50-44(48)30-25-26-31-46(51-39-27-22-15-12-9-6-2)52-40-28-23-16-13-10-7-3/h42-44,46,48H,5-41H2,1-4H3. The number of hydrogen-bond acceptors (Lipinski definition) is 7. The molecule has 0 bridgehead atoms. The summed E-state index contributed by atoms with van der Waals surface area (Å²) >= 11 is 0. The molecule has 1 rings (SSSR count). The molecule has 0 amide bonds. The van der Waals surface area contributed by atoms with Gasteiger partial charge in [0, 0.05) is 26.1 Å². The maximum absolute atomic E-state index is 12.9. The lowest BCUT2D eigenvalue weighted by molar-refractivity contribution is -0.154. The third-order valence-electron chi connectivity index (χ3n) is 11.3. The fourth-order valence-corrected chi connectivity index (χ4v) is 7.50. The smallest absolute Gasteiger partial charge is 0.306 e. The first kappa shape index (κ1) is 50.3. The Morgan fingerprint density at radius 2 is 1.02 bits per heavy atom. The van der Waals surface area contributed by atoms with E-state index in [9.17, 15) is 9.90 Å². The Kier molecular flexibility index (Phi) is 36.2. The lowest BCUT2D eigenvalue weighted by atomic mass is 9.92. The normalized spacial score (nSPS) is 15.4. The molecule has 0 spiro atoms. The minimum Gasteiger partial charge on any atom is -0.462 e. The van der Waals surface area contributed by atoms with Crippen molar-refractivity contribution in [1.82, 2.24) is 4.90 Å². The first-order valence-corrected chi connectivity index (χ1v) is 23.4. The van der Waals surface area contributed by atoms with Gasteiger partial charge in [-0.05, 0) is 96.7 Å². The molecule has 0 radical (unpaired) electrons. The van der Waals surface area contributed by atoms with Crippen LogP contribution in [0.25, 0.3) is 0 Å². The summed E-state index contributed by atoms with van der Waals surface area (Å²) in [5.74, 6) is 0.570. The van der Waals surface area contributed by atoms with E-state index in [-0.39, 0.29) is 18.4 Å². The van der Waals surface area contributed by atoms with Gasteiger partial charge in [0.25, 0.3) is 0 Å². The van der Waals surface area contributed by atoms with Crippen molar-refractivity contribution < 1.29 is 28.8 Å². The average molecular weight is 754 g/mol. The van der Waals surface area contributed by atoms with Crippen LogP contribution < -0.4 is 0 Å². The first-order valence-electron chi connectivity index (χ1n) is 23.4. The summed E-state index contributed by atoms with van der Waals surface area (Å²) in [5, 5.41) is 10.6. The second kappa shape index (κ2) is 38.2. The van der Waals surface area contributed by atoms with Crippen molar-refractivity contribution in [2.24, 2.45) is 5.92 Å². The second-order valence-corrected chi connectivity index (χ2v) is 16.5. The molecule has 1 N–H and O–H groups in total. The van der Waals surface area contributed by atoms with Gasteiger partial charge in [-0.15, -0.1) is 0 Å². The summed E-state index contributed by atoms with van der Waals surface area (Å²) in [4.78, 5) is 15.3. The molecular weight excluding hydrogens is 663 g/mol. The molecule has 1 aliphatic heterocycles. The van der Waals surface area contributed by atoms with E-state index in [1.807, 2.05) is 0 Å². The number of unbranched alkanes of at least 4 members (excludes halogenated alkanes) is 20. The molecule has 2 atom stereocenters. The molecular formula is C46H91NO6. The van der Waals surface area contributed by atoms with Crippen LogP contribution in [0.4, 0.5) is 0 Å². The van der Waals surface area contributed by atoms with Crippen LogP contribution in [0.2, 0.25) is 0 Å². The summed E-state index contributed by atoms with van der Waals surface area (Å²) in [5.41, 5.74) is 0. The second-order valence-electron chi connectivity index (χ2n) is 16.5. The summed E-state index contributed by atoms with van der Waals surface area (Å²) in [6, 6.07) is 0. The SMILES string of the molecule is CCCCCCCCCCCCC(CCOC(O)CCCCC(OCCCCCCCC)OCCCCCCCC)OC(=O)CCC1CCN(C)CC1. The maximum Gasteiger partial charge on any atom is 0.306 e. The largest absolute Gasteiger partial charge is 0.462 e. The van der Waals surface area contributed by atoms with Crippen molar-refractivity contribution in [3.63, 3.8) is 0 Å². The van der Waals surface area contributed by atoms with Gasteiger partial charge in [0.05, 0.1) is 6.61 Å². The van der Waals surface area contributed by atoms with Gasteiger partial charge >= 0.3 is 5.97 Å². The van der Waals surface area contributed by atoms with Crippen molar-refractivity contribution in [2.75, 3.05) is 40.0 Å². The van der Waals surface area contributed by atoms with E-state index < -0.39 is 6.29 Å². The number of ether oxygens (including phenoxy) is 4. The number of likely N-dealkylation sites (tertiary alicyclic amines) is 1. The number of aliphatic hydroxyl groups excluding tert-OH is 1. The van der Waals surface area contributed by atoms with Crippen LogP contribution in [0, 0.1) is 5.92 Å². The molecule has 0 aromatic heterocycles. The Morgan fingerprint density at radius 3 is 1.55 bits per heavy atom. The Morgan fingerprint density at radius 1 is 0.566 bits per heavy atom. The van der Waals surface area contributed by atoms with Crippen LogP contribution in [0.5, 0.6) is 0 Å². The lowest BCUT2D eigenvalue weighted by Crippen LogP contribution is -2.30. The van der Waals surface area contributed by atoms with Gasteiger partial charge in [0.1, 0.15) is 6.10 Å². The van der Waals surface area contributed by atoms with E-state index in [0.29, 0.717) is 31.8 Å². The van der Waals surface area contributed by atoms with Crippen molar-refractivity contribution in [3.8, 4) is 0 Å². The van der Waals surface area contributed by atoms with Gasteiger partial charge < -0.3 is 29.0 Å². The monoisotopic (exact) mass is 754 g/mol. The Bertz CT molecular complexity index is 742. The van der Waals surface area contributed by atoms with Gasteiger partial charge in [-0.25, -0.2) is 0 Å². The number of nitrogens with zero attached hydrogens (tertiary/aromatic N) is 1. The van der Waals surface area contributed by atoms with Gasteiger partial charge in [0.2, 0.25) is 0 Å². The van der Waals surface area contributed by atoms with E-state index in [0.717, 1.165) is 77.7 Å². The van der Waals surface area contributed by atoms with Gasteiger partial charge in [-0.3, -0.25) is 4.79 Å². The summed E-state index contributed by atoms with van der Waals surface area (Å²) < 4.78 is 24.3. The predicted octanol–water partition coefficient (Wildman–Crippen LogP) is 12.7. The highest BCUT2D eigenvalue weighted by Gasteiger charge is 2.20. The third-order valence-corrected chi connectivity index (χ3v) is 11.3. The molecule has 0 aliphatic carbocycles. The predicted molar refractivity (Wildman–Crippen MR) is 223 cm³/mol. The minimum atomic E-state index is -0.792. The zero-order chi connectivity index (χ0) is 38.5. The number of aliphatic hydroxyl groups is 1. The highest BCUT2D eigenvalue weighted by Crippen LogP contribution is 2.22. The number of carbonyl (C=O) groups is 1. The molecule has 7 heteroatoms. The van der Waals surface area contributed by atoms with Gasteiger partial charge in [0.15, 0.2) is 12.6 Å². The number of rotatable bonds is 40.